The van der Waals surface area contributed by atoms with Gasteiger partial charge in [-0.2, -0.15) is 5.10 Å². The average Bonchev–Trinajstić information content (AvgIpc) is 3.39. The Bertz CT molecular complexity index is 1080. The minimum absolute atomic E-state index is 0. The van der Waals surface area contributed by atoms with E-state index in [1.54, 1.807) is 0 Å². The van der Waals surface area contributed by atoms with Gasteiger partial charge in [-0.05, 0) is 54.7 Å². The highest BCUT2D eigenvalue weighted by atomic mass is 16.2. The maximum atomic E-state index is 13.0. The smallest absolute Gasteiger partial charge is 0.253 e. The summed E-state index contributed by atoms with van der Waals surface area (Å²) in [7, 11) is 3.80. The molecule has 6 nitrogen and oxygen atoms in total. The van der Waals surface area contributed by atoms with E-state index in [0.29, 0.717) is 12.0 Å². The van der Waals surface area contributed by atoms with Crippen molar-refractivity contribution in [3.8, 4) is 11.1 Å². The Morgan fingerprint density at radius 1 is 1.17 bits per heavy atom. The molecule has 2 aromatic carbocycles. The van der Waals surface area contributed by atoms with E-state index in [4.69, 9.17) is 0 Å². The number of aryl methyl sites for hydroxylation is 1. The summed E-state index contributed by atoms with van der Waals surface area (Å²) in [5, 5.41) is 8.44. The Morgan fingerprint density at radius 3 is 2.63 bits per heavy atom. The second-order valence-electron chi connectivity index (χ2n) is 8.12. The van der Waals surface area contributed by atoms with Gasteiger partial charge in [0.25, 0.3) is 5.91 Å². The second-order valence-corrected chi connectivity index (χ2v) is 8.12. The molecule has 2 atom stereocenters. The SMILES string of the molecule is CCC(=O)N[C@H]1CC[C@@H](N(C)C(=O)c2ccc(-c3ccc4c(cnn4C)c3)cc2)C1.[HH]. The number of aromatic nitrogens is 2. The molecule has 4 rings (SSSR count). The van der Waals surface area contributed by atoms with Crippen LogP contribution in [0.25, 0.3) is 22.0 Å². The van der Waals surface area contributed by atoms with E-state index in [-0.39, 0.29) is 25.3 Å². The maximum absolute atomic E-state index is 13.0. The highest BCUT2D eigenvalue weighted by molar-refractivity contribution is 5.95. The van der Waals surface area contributed by atoms with Crippen LogP contribution in [0.1, 0.15) is 44.4 Å². The van der Waals surface area contributed by atoms with E-state index in [0.717, 1.165) is 41.3 Å². The molecule has 1 aliphatic rings. The molecule has 0 bridgehead atoms. The summed E-state index contributed by atoms with van der Waals surface area (Å²) in [5.74, 6) is 0.103. The average molecular weight is 407 g/mol. The van der Waals surface area contributed by atoms with Gasteiger partial charge in [0.15, 0.2) is 0 Å². The van der Waals surface area contributed by atoms with Crippen molar-refractivity contribution in [1.82, 2.24) is 20.0 Å². The first-order valence-corrected chi connectivity index (χ1v) is 10.5. The number of fused-ring (bicyclic) bond motifs is 1. The Morgan fingerprint density at radius 2 is 1.90 bits per heavy atom. The predicted octanol–water partition coefficient (Wildman–Crippen LogP) is 4.01. The van der Waals surface area contributed by atoms with Gasteiger partial charge in [0.1, 0.15) is 0 Å². The third-order valence-electron chi connectivity index (χ3n) is 6.17. The number of nitrogens with zero attached hydrogens (tertiary/aromatic N) is 3. The Balaban J connectivity index is 0.00000272. The number of benzene rings is 2. The zero-order valence-corrected chi connectivity index (χ0v) is 17.8. The van der Waals surface area contributed by atoms with Crippen LogP contribution < -0.4 is 5.32 Å². The van der Waals surface area contributed by atoms with Crippen LogP contribution in [-0.4, -0.2) is 45.6 Å². The minimum Gasteiger partial charge on any atom is -0.353 e. The van der Waals surface area contributed by atoms with Gasteiger partial charge in [0.2, 0.25) is 5.91 Å². The minimum atomic E-state index is 0. The molecule has 1 heterocycles. The molecule has 1 fully saturated rings. The third kappa shape index (κ3) is 3.95. The second kappa shape index (κ2) is 8.30. The molecule has 2 amide bonds. The van der Waals surface area contributed by atoms with Gasteiger partial charge >= 0.3 is 0 Å². The van der Waals surface area contributed by atoms with E-state index < -0.39 is 0 Å². The molecular weight excluding hydrogens is 376 g/mol. The van der Waals surface area contributed by atoms with Gasteiger partial charge in [-0.1, -0.05) is 25.1 Å². The van der Waals surface area contributed by atoms with Crippen molar-refractivity contribution in [3.05, 3.63) is 54.2 Å². The van der Waals surface area contributed by atoms with E-state index in [1.807, 2.05) is 61.1 Å². The molecule has 30 heavy (non-hydrogen) atoms. The summed E-state index contributed by atoms with van der Waals surface area (Å²) in [4.78, 5) is 26.4. The summed E-state index contributed by atoms with van der Waals surface area (Å²) in [6.07, 6.45) is 5.01. The van der Waals surface area contributed by atoms with Crippen molar-refractivity contribution in [2.75, 3.05) is 7.05 Å². The lowest BCUT2D eigenvalue weighted by Gasteiger charge is -2.25. The summed E-state index contributed by atoms with van der Waals surface area (Å²) >= 11 is 0. The van der Waals surface area contributed by atoms with Crippen molar-refractivity contribution in [1.29, 1.82) is 0 Å². The molecule has 0 saturated heterocycles. The quantitative estimate of drug-likeness (QED) is 0.696. The molecule has 1 aliphatic carbocycles. The van der Waals surface area contributed by atoms with Gasteiger partial charge in [-0.25, -0.2) is 0 Å². The molecule has 3 aromatic rings. The van der Waals surface area contributed by atoms with Crippen molar-refractivity contribution < 1.29 is 11.0 Å². The first kappa shape index (κ1) is 20.1. The molecule has 1 N–H and O–H groups in total. The van der Waals surface area contributed by atoms with Gasteiger partial charge in [-0.3, -0.25) is 14.3 Å². The van der Waals surface area contributed by atoms with E-state index >= 15 is 0 Å². The third-order valence-corrected chi connectivity index (χ3v) is 6.17. The van der Waals surface area contributed by atoms with Crippen molar-refractivity contribution >= 4 is 22.7 Å². The summed E-state index contributed by atoms with van der Waals surface area (Å²) in [5.41, 5.74) is 3.96. The van der Waals surface area contributed by atoms with Crippen molar-refractivity contribution in [2.45, 2.75) is 44.7 Å². The molecule has 0 spiro atoms. The Hall–Kier alpha value is -3.15. The number of rotatable bonds is 5. The first-order chi connectivity index (χ1) is 14.5. The highest BCUT2D eigenvalue weighted by Crippen LogP contribution is 2.27. The van der Waals surface area contributed by atoms with Crippen LogP contribution in [0.4, 0.5) is 0 Å². The first-order valence-electron chi connectivity index (χ1n) is 10.5. The van der Waals surface area contributed by atoms with E-state index in [1.165, 1.54) is 0 Å². The van der Waals surface area contributed by atoms with Crippen LogP contribution in [0, 0.1) is 0 Å². The van der Waals surface area contributed by atoms with Crippen molar-refractivity contribution in [3.63, 3.8) is 0 Å². The molecule has 0 radical (unpaired) electrons. The summed E-state index contributed by atoms with van der Waals surface area (Å²) in [6, 6.07) is 14.4. The fourth-order valence-electron chi connectivity index (χ4n) is 4.29. The predicted molar refractivity (Wildman–Crippen MR) is 120 cm³/mol. The number of carbonyl (C=O) groups excluding carboxylic acids is 2. The van der Waals surface area contributed by atoms with E-state index in [2.05, 4.69) is 28.6 Å². The number of carbonyl (C=O) groups is 2. The Labute approximate surface area is 178 Å². The lowest BCUT2D eigenvalue weighted by molar-refractivity contribution is -0.121. The van der Waals surface area contributed by atoms with Crippen LogP contribution in [0.2, 0.25) is 0 Å². The standard InChI is InChI=1S/C24H28N4O2.H2/c1-4-23(29)26-20-10-11-21(14-20)27(2)24(30)17-7-5-16(6-8-17)18-9-12-22-19(13-18)15-25-28(22)3;/h5-9,12-13,15,20-21H,4,10-11,14H2,1-3H3,(H,26,29);1H/t20-,21+;/m0./s1. The van der Waals surface area contributed by atoms with Crippen LogP contribution in [0.3, 0.4) is 0 Å². The molecule has 1 aromatic heterocycles. The van der Waals surface area contributed by atoms with Crippen molar-refractivity contribution in [2.24, 2.45) is 7.05 Å². The normalized spacial score (nSPS) is 18.5. The number of amides is 2. The monoisotopic (exact) mass is 406 g/mol. The van der Waals surface area contributed by atoms with E-state index in [9.17, 15) is 9.59 Å². The highest BCUT2D eigenvalue weighted by Gasteiger charge is 2.30. The lowest BCUT2D eigenvalue weighted by atomic mass is 10.0. The largest absolute Gasteiger partial charge is 0.353 e. The Kier molecular flexibility index (Phi) is 5.57. The molecule has 0 aliphatic heterocycles. The fourth-order valence-corrected chi connectivity index (χ4v) is 4.29. The number of hydrogen-bond donors (Lipinski definition) is 1. The molecule has 0 unspecified atom stereocenters. The summed E-state index contributed by atoms with van der Waals surface area (Å²) < 4.78 is 1.86. The maximum Gasteiger partial charge on any atom is 0.253 e. The zero-order valence-electron chi connectivity index (χ0n) is 17.8. The summed E-state index contributed by atoms with van der Waals surface area (Å²) in [6.45, 7) is 1.86. The number of nitrogens with one attached hydrogen (secondary N) is 1. The molecule has 158 valence electrons. The zero-order chi connectivity index (χ0) is 21.3. The lowest BCUT2D eigenvalue weighted by Crippen LogP contribution is -2.38. The van der Waals surface area contributed by atoms with Gasteiger partial charge < -0.3 is 10.2 Å². The molecule has 1 saturated carbocycles. The van der Waals surface area contributed by atoms with Crippen LogP contribution in [-0.2, 0) is 11.8 Å². The fraction of sp³-hybridized carbons (Fsp3) is 0.375. The molecule has 6 heteroatoms. The van der Waals surface area contributed by atoms with Crippen LogP contribution >= 0.6 is 0 Å². The topological polar surface area (TPSA) is 67.2 Å². The van der Waals surface area contributed by atoms with Gasteiger partial charge in [-0.15, -0.1) is 0 Å². The molecular formula is C24H30N4O2. The van der Waals surface area contributed by atoms with Crippen LogP contribution in [0.5, 0.6) is 0 Å². The number of hydrogen-bond acceptors (Lipinski definition) is 3. The van der Waals surface area contributed by atoms with Crippen LogP contribution in [0.15, 0.2) is 48.7 Å². The van der Waals surface area contributed by atoms with Gasteiger partial charge in [0, 0.05) is 45.0 Å². The van der Waals surface area contributed by atoms with Gasteiger partial charge in [0.05, 0.1) is 11.7 Å².